The maximum Gasteiger partial charge on any atom is 0.277 e. The summed E-state index contributed by atoms with van der Waals surface area (Å²) in [6.45, 7) is 0. The van der Waals surface area contributed by atoms with Gasteiger partial charge in [-0.1, -0.05) is 52.0 Å². The summed E-state index contributed by atoms with van der Waals surface area (Å²) in [6, 6.07) is 16.2. The number of nitrogens with zero attached hydrogens (tertiary/aromatic N) is 3. The molecule has 28 heavy (non-hydrogen) atoms. The summed E-state index contributed by atoms with van der Waals surface area (Å²) in [5, 5.41) is 8.55. The molecule has 1 aromatic heterocycles. The molecule has 1 amide bonds. The van der Waals surface area contributed by atoms with Crippen LogP contribution in [0.15, 0.2) is 62.6 Å². The summed E-state index contributed by atoms with van der Waals surface area (Å²) in [7, 11) is 1.89. The molecule has 0 N–H and O–H groups in total. The van der Waals surface area contributed by atoms with Gasteiger partial charge in [0.25, 0.3) is 5.22 Å². The molecule has 1 heterocycles. The number of rotatable bonds is 5. The van der Waals surface area contributed by atoms with Crippen molar-refractivity contribution in [3.05, 3.63) is 64.1 Å². The Bertz CT molecular complexity index is 974. The number of carbonyl (C=O) groups is 1. The molecule has 0 radical (unpaired) electrons. The molecule has 0 saturated carbocycles. The summed E-state index contributed by atoms with van der Waals surface area (Å²) >= 11 is 4.69. The van der Waals surface area contributed by atoms with E-state index in [4.69, 9.17) is 4.42 Å². The van der Waals surface area contributed by atoms with Crippen LogP contribution in [0.2, 0.25) is 0 Å². The molecule has 5 nitrogen and oxygen atoms in total. The van der Waals surface area contributed by atoms with E-state index >= 15 is 0 Å². The minimum absolute atomic E-state index is 0.0649. The van der Waals surface area contributed by atoms with Crippen molar-refractivity contribution in [1.29, 1.82) is 0 Å². The number of hydrogen-bond donors (Lipinski definition) is 0. The van der Waals surface area contributed by atoms with E-state index in [1.807, 2.05) is 42.3 Å². The molecule has 144 valence electrons. The van der Waals surface area contributed by atoms with Crippen molar-refractivity contribution in [2.24, 2.45) is 0 Å². The fraction of sp³-hybridized carbons (Fsp3) is 0.286. The Balaban J connectivity index is 1.39. The predicted octanol–water partition coefficient (Wildman–Crippen LogP) is 5.13. The van der Waals surface area contributed by atoms with E-state index in [9.17, 15) is 4.79 Å². The molecule has 4 rings (SSSR count). The summed E-state index contributed by atoms with van der Waals surface area (Å²) in [4.78, 5) is 14.6. The van der Waals surface area contributed by atoms with Gasteiger partial charge in [0, 0.05) is 17.1 Å². The van der Waals surface area contributed by atoms with Crippen molar-refractivity contribution < 1.29 is 9.21 Å². The maximum absolute atomic E-state index is 12.7. The van der Waals surface area contributed by atoms with Crippen molar-refractivity contribution in [2.45, 2.75) is 30.5 Å². The predicted molar refractivity (Wildman–Crippen MR) is 113 cm³/mol. The first-order chi connectivity index (χ1) is 13.6. The first-order valence-electron chi connectivity index (χ1n) is 9.17. The Morgan fingerprint density at radius 2 is 2.00 bits per heavy atom. The van der Waals surface area contributed by atoms with Gasteiger partial charge in [-0.2, -0.15) is 0 Å². The number of fused-ring (bicyclic) bond motifs is 1. The molecule has 0 spiro atoms. The molecule has 1 aliphatic carbocycles. The number of amides is 1. The molecule has 1 aliphatic rings. The number of hydrogen-bond acceptors (Lipinski definition) is 5. The van der Waals surface area contributed by atoms with Gasteiger partial charge < -0.3 is 9.32 Å². The van der Waals surface area contributed by atoms with Crippen LogP contribution in [0.25, 0.3) is 11.5 Å². The molecule has 1 atom stereocenters. The summed E-state index contributed by atoms with van der Waals surface area (Å²) in [6.07, 6.45) is 3.19. The first kappa shape index (κ1) is 19.2. The molecule has 0 saturated heterocycles. The summed E-state index contributed by atoms with van der Waals surface area (Å²) in [5.41, 5.74) is 3.47. The Kier molecular flexibility index (Phi) is 5.82. The van der Waals surface area contributed by atoms with Gasteiger partial charge in [-0.15, -0.1) is 10.2 Å². The van der Waals surface area contributed by atoms with E-state index in [1.165, 1.54) is 22.9 Å². The van der Waals surface area contributed by atoms with Crippen LogP contribution in [0, 0.1) is 0 Å². The second-order valence-corrected chi connectivity index (χ2v) is 8.62. The van der Waals surface area contributed by atoms with Gasteiger partial charge in [-0.05, 0) is 54.7 Å². The molecular formula is C21H20BrN3O2S. The molecule has 1 unspecified atom stereocenters. The van der Waals surface area contributed by atoms with Crippen molar-refractivity contribution in [1.82, 2.24) is 15.1 Å². The minimum Gasteiger partial charge on any atom is -0.411 e. The second-order valence-electron chi connectivity index (χ2n) is 6.78. The number of benzene rings is 2. The highest BCUT2D eigenvalue weighted by Gasteiger charge is 2.26. The average molecular weight is 458 g/mol. The van der Waals surface area contributed by atoms with Gasteiger partial charge in [-0.25, -0.2) is 0 Å². The molecular weight excluding hydrogens is 438 g/mol. The van der Waals surface area contributed by atoms with E-state index in [0.29, 0.717) is 11.1 Å². The number of aromatic nitrogens is 2. The Labute approximate surface area is 176 Å². The Morgan fingerprint density at radius 3 is 2.82 bits per heavy atom. The zero-order valence-electron chi connectivity index (χ0n) is 15.5. The van der Waals surface area contributed by atoms with Gasteiger partial charge in [0.15, 0.2) is 0 Å². The number of aryl methyl sites for hydroxylation is 1. The average Bonchev–Trinajstić information content (AvgIpc) is 3.20. The van der Waals surface area contributed by atoms with E-state index in [2.05, 4.69) is 44.3 Å². The molecule has 2 aromatic carbocycles. The topological polar surface area (TPSA) is 59.2 Å². The van der Waals surface area contributed by atoms with Crippen LogP contribution in [0.1, 0.15) is 30.0 Å². The maximum atomic E-state index is 12.7. The van der Waals surface area contributed by atoms with Crippen LogP contribution in [-0.4, -0.2) is 33.8 Å². The third-order valence-corrected chi connectivity index (χ3v) is 6.35. The van der Waals surface area contributed by atoms with E-state index < -0.39 is 0 Å². The molecule has 0 fully saturated rings. The third kappa shape index (κ3) is 4.15. The number of carbonyl (C=O) groups excluding carboxylic acids is 1. The lowest BCUT2D eigenvalue weighted by Crippen LogP contribution is -2.34. The second kappa shape index (κ2) is 8.49. The van der Waals surface area contributed by atoms with Gasteiger partial charge in [0.1, 0.15) is 0 Å². The van der Waals surface area contributed by atoms with Gasteiger partial charge in [-0.3, -0.25) is 4.79 Å². The lowest BCUT2D eigenvalue weighted by atomic mass is 9.87. The van der Waals surface area contributed by atoms with Crippen LogP contribution in [0.5, 0.6) is 0 Å². The normalized spacial score (nSPS) is 15.9. The standard InChI is InChI=1S/C21H20BrN3O2S/c1-25(18-8-4-6-14-5-2-3-7-17(14)18)19(26)13-28-21-24-23-20(27-21)15-9-11-16(22)12-10-15/h2-3,5,7,9-12,18H,4,6,8,13H2,1H3. The zero-order chi connectivity index (χ0) is 19.5. The van der Waals surface area contributed by atoms with Gasteiger partial charge in [0.2, 0.25) is 11.8 Å². The monoisotopic (exact) mass is 457 g/mol. The van der Waals surface area contributed by atoms with E-state index in [1.54, 1.807) is 0 Å². The van der Waals surface area contributed by atoms with Crippen LogP contribution < -0.4 is 0 Å². The Morgan fingerprint density at radius 1 is 1.21 bits per heavy atom. The largest absolute Gasteiger partial charge is 0.411 e. The van der Waals surface area contributed by atoms with Gasteiger partial charge >= 0.3 is 0 Å². The SMILES string of the molecule is CN(C(=O)CSc1nnc(-c2ccc(Br)cc2)o1)C1CCCc2ccccc21. The molecule has 0 bridgehead atoms. The molecule has 7 heteroatoms. The summed E-state index contributed by atoms with van der Waals surface area (Å²) in [5.74, 6) is 0.795. The Hall–Kier alpha value is -2.12. The smallest absolute Gasteiger partial charge is 0.277 e. The summed E-state index contributed by atoms with van der Waals surface area (Å²) < 4.78 is 6.69. The molecule has 0 aliphatic heterocycles. The van der Waals surface area contributed by atoms with Crippen molar-refractivity contribution in [2.75, 3.05) is 12.8 Å². The fourth-order valence-electron chi connectivity index (χ4n) is 3.51. The van der Waals surface area contributed by atoms with Crippen LogP contribution in [0.3, 0.4) is 0 Å². The highest BCUT2D eigenvalue weighted by atomic mass is 79.9. The highest BCUT2D eigenvalue weighted by Crippen LogP contribution is 2.34. The lowest BCUT2D eigenvalue weighted by Gasteiger charge is -2.33. The third-order valence-electron chi connectivity index (χ3n) is 5.02. The fourth-order valence-corrected chi connectivity index (χ4v) is 4.46. The zero-order valence-corrected chi connectivity index (χ0v) is 17.9. The van der Waals surface area contributed by atoms with Crippen molar-refractivity contribution >= 4 is 33.6 Å². The van der Waals surface area contributed by atoms with Crippen molar-refractivity contribution in [3.8, 4) is 11.5 Å². The van der Waals surface area contributed by atoms with Crippen LogP contribution in [0.4, 0.5) is 0 Å². The highest BCUT2D eigenvalue weighted by molar-refractivity contribution is 9.10. The van der Waals surface area contributed by atoms with E-state index in [-0.39, 0.29) is 17.7 Å². The van der Waals surface area contributed by atoms with Crippen LogP contribution >= 0.6 is 27.7 Å². The lowest BCUT2D eigenvalue weighted by molar-refractivity contribution is -0.129. The number of thioether (sulfide) groups is 1. The first-order valence-corrected chi connectivity index (χ1v) is 11.0. The molecule has 3 aromatic rings. The number of halogens is 1. The van der Waals surface area contributed by atoms with E-state index in [0.717, 1.165) is 29.3 Å². The van der Waals surface area contributed by atoms with Gasteiger partial charge in [0.05, 0.1) is 11.8 Å². The van der Waals surface area contributed by atoms with Crippen LogP contribution in [-0.2, 0) is 11.2 Å². The quantitative estimate of drug-likeness (QED) is 0.497. The van der Waals surface area contributed by atoms with Crippen molar-refractivity contribution in [3.63, 3.8) is 0 Å². The minimum atomic E-state index is 0.0649.